The minimum atomic E-state index is -0.399. The fourth-order valence-corrected chi connectivity index (χ4v) is 4.76. The molecule has 0 bridgehead atoms. The highest BCUT2D eigenvalue weighted by atomic mass is 35.5. The molecule has 0 N–H and O–H groups in total. The van der Waals surface area contributed by atoms with E-state index >= 15 is 0 Å². The smallest absolute Gasteiger partial charge is 0.316 e. The molecule has 0 fully saturated rings. The molecule has 1 aromatic carbocycles. The molecule has 7 nitrogen and oxygen atoms in total. The number of ether oxygens (including phenoxy) is 1. The van der Waals surface area contributed by atoms with Gasteiger partial charge in [-0.2, -0.15) is 0 Å². The zero-order chi connectivity index (χ0) is 20.4. The molecule has 3 aromatic heterocycles. The maximum absolute atomic E-state index is 12.2. The van der Waals surface area contributed by atoms with Crippen LogP contribution in [0.4, 0.5) is 0 Å². The molecule has 0 radical (unpaired) electrons. The number of thioether (sulfide) groups is 1. The van der Waals surface area contributed by atoms with Crippen LogP contribution in [0.1, 0.15) is 16.3 Å². The molecule has 0 saturated heterocycles. The summed E-state index contributed by atoms with van der Waals surface area (Å²) in [5, 5.41) is 10.1. The molecule has 29 heavy (non-hydrogen) atoms. The third kappa shape index (κ3) is 4.26. The molecule has 3 heterocycles. The summed E-state index contributed by atoms with van der Waals surface area (Å²) in [6, 6.07) is 7.15. The number of aryl methyl sites for hydroxylation is 2. The first-order chi connectivity index (χ1) is 14.0. The van der Waals surface area contributed by atoms with Crippen LogP contribution in [0.2, 0.25) is 5.02 Å². The Kier molecular flexibility index (Phi) is 5.79. The van der Waals surface area contributed by atoms with Crippen LogP contribution in [-0.2, 0) is 16.1 Å². The van der Waals surface area contributed by atoms with Crippen molar-refractivity contribution in [2.45, 2.75) is 25.5 Å². The summed E-state index contributed by atoms with van der Waals surface area (Å²) in [5.74, 6) is 0.199. The lowest BCUT2D eigenvalue weighted by atomic mass is 10.2. The van der Waals surface area contributed by atoms with E-state index in [0.29, 0.717) is 10.6 Å². The Morgan fingerprint density at radius 1 is 1.24 bits per heavy atom. The molecule has 0 amide bonds. The van der Waals surface area contributed by atoms with Crippen LogP contribution in [0.15, 0.2) is 40.0 Å². The van der Waals surface area contributed by atoms with Crippen molar-refractivity contribution in [3.8, 4) is 11.5 Å². The minimum absolute atomic E-state index is 0.105. The number of carbonyl (C=O) groups excluding carboxylic acids is 1. The Labute approximate surface area is 179 Å². The summed E-state index contributed by atoms with van der Waals surface area (Å²) in [7, 11) is 0. The first-order valence-electron chi connectivity index (χ1n) is 8.59. The van der Waals surface area contributed by atoms with Crippen LogP contribution in [0.25, 0.3) is 21.7 Å². The minimum Gasteiger partial charge on any atom is -0.455 e. The standard InChI is InChI=1S/C19H15ClN4O3S2/c1-10-11(2)29-19-16(10)18(21-9-22-19)28-8-15(25)26-7-14-23-24-17(27-14)12-5-3-4-6-13(12)20/h3-6,9H,7-8H2,1-2H3. The molecular formula is C19H15ClN4O3S2. The van der Waals surface area contributed by atoms with Crippen LogP contribution < -0.4 is 0 Å². The van der Waals surface area contributed by atoms with Crippen LogP contribution in [-0.4, -0.2) is 31.9 Å². The number of thiophene rings is 1. The van der Waals surface area contributed by atoms with E-state index in [1.54, 1.807) is 23.5 Å². The zero-order valence-corrected chi connectivity index (χ0v) is 17.9. The van der Waals surface area contributed by atoms with Gasteiger partial charge in [-0.15, -0.1) is 21.5 Å². The normalized spacial score (nSPS) is 11.1. The lowest BCUT2D eigenvalue weighted by Crippen LogP contribution is -2.07. The van der Waals surface area contributed by atoms with Crippen molar-refractivity contribution in [3.63, 3.8) is 0 Å². The highest BCUT2D eigenvalue weighted by molar-refractivity contribution is 8.00. The predicted molar refractivity (Wildman–Crippen MR) is 112 cm³/mol. The van der Waals surface area contributed by atoms with Gasteiger partial charge in [0, 0.05) is 10.3 Å². The highest BCUT2D eigenvalue weighted by Crippen LogP contribution is 2.34. The average Bonchev–Trinajstić information content (AvgIpc) is 3.30. The Balaban J connectivity index is 1.36. The number of benzene rings is 1. The summed E-state index contributed by atoms with van der Waals surface area (Å²) in [4.78, 5) is 22.9. The van der Waals surface area contributed by atoms with E-state index in [0.717, 1.165) is 20.8 Å². The van der Waals surface area contributed by atoms with Crippen molar-refractivity contribution < 1.29 is 13.9 Å². The van der Waals surface area contributed by atoms with Crippen molar-refractivity contribution in [2.24, 2.45) is 0 Å². The third-order valence-electron chi connectivity index (χ3n) is 4.19. The summed E-state index contributed by atoms with van der Waals surface area (Å²) < 4.78 is 10.8. The fourth-order valence-electron chi connectivity index (χ4n) is 2.63. The number of hydrogen-bond donors (Lipinski definition) is 0. The molecule has 0 atom stereocenters. The summed E-state index contributed by atoms with van der Waals surface area (Å²) >= 11 is 9.06. The molecule has 0 aliphatic carbocycles. The third-order valence-corrected chi connectivity index (χ3v) is 6.59. The Morgan fingerprint density at radius 3 is 2.90 bits per heavy atom. The van der Waals surface area contributed by atoms with E-state index < -0.39 is 5.97 Å². The van der Waals surface area contributed by atoms with Crippen LogP contribution in [0.3, 0.4) is 0 Å². The number of hydrogen-bond acceptors (Lipinski definition) is 9. The van der Waals surface area contributed by atoms with Gasteiger partial charge in [0.15, 0.2) is 6.61 Å². The molecule has 10 heteroatoms. The molecule has 4 aromatic rings. The Morgan fingerprint density at radius 2 is 2.07 bits per heavy atom. The van der Waals surface area contributed by atoms with Crippen molar-refractivity contribution in [2.75, 3.05) is 5.75 Å². The Hall–Kier alpha value is -2.49. The van der Waals surface area contributed by atoms with Crippen LogP contribution in [0, 0.1) is 13.8 Å². The number of halogens is 1. The van der Waals surface area contributed by atoms with Gasteiger partial charge in [0.1, 0.15) is 16.2 Å². The van der Waals surface area contributed by atoms with Crippen molar-refractivity contribution in [1.29, 1.82) is 0 Å². The topological polar surface area (TPSA) is 91.0 Å². The van der Waals surface area contributed by atoms with Gasteiger partial charge in [0.05, 0.1) is 16.3 Å². The zero-order valence-electron chi connectivity index (χ0n) is 15.5. The second kappa shape index (κ2) is 8.48. The molecule has 4 rings (SSSR count). The second-order valence-electron chi connectivity index (χ2n) is 6.07. The monoisotopic (exact) mass is 446 g/mol. The molecule has 148 valence electrons. The van der Waals surface area contributed by atoms with Crippen molar-refractivity contribution >= 4 is 50.9 Å². The van der Waals surface area contributed by atoms with Gasteiger partial charge in [0.25, 0.3) is 5.89 Å². The first kappa shape index (κ1) is 19.8. The molecule has 0 unspecified atom stereocenters. The van der Waals surface area contributed by atoms with Crippen LogP contribution >= 0.6 is 34.7 Å². The number of carbonyl (C=O) groups is 1. The van der Waals surface area contributed by atoms with E-state index in [9.17, 15) is 4.79 Å². The molecule has 0 saturated carbocycles. The average molecular weight is 447 g/mol. The van der Waals surface area contributed by atoms with Gasteiger partial charge < -0.3 is 9.15 Å². The fraction of sp³-hybridized carbons (Fsp3) is 0.211. The first-order valence-corrected chi connectivity index (χ1v) is 10.8. The van der Waals surface area contributed by atoms with E-state index in [-0.39, 0.29) is 24.1 Å². The molecule has 0 aliphatic rings. The van der Waals surface area contributed by atoms with Gasteiger partial charge in [-0.25, -0.2) is 9.97 Å². The quantitative estimate of drug-likeness (QED) is 0.236. The SMILES string of the molecule is Cc1sc2ncnc(SCC(=O)OCc3nnc(-c4ccccc4Cl)o3)c2c1C. The summed E-state index contributed by atoms with van der Waals surface area (Å²) in [6.07, 6.45) is 1.51. The van der Waals surface area contributed by atoms with E-state index in [1.165, 1.54) is 23.0 Å². The van der Waals surface area contributed by atoms with E-state index in [2.05, 4.69) is 20.2 Å². The number of esters is 1. The molecule has 0 aliphatic heterocycles. The van der Waals surface area contributed by atoms with Gasteiger partial charge in [-0.1, -0.05) is 35.5 Å². The van der Waals surface area contributed by atoms with E-state index in [1.807, 2.05) is 26.0 Å². The molecule has 0 spiro atoms. The van der Waals surface area contributed by atoms with Crippen molar-refractivity contribution in [3.05, 3.63) is 51.9 Å². The number of aromatic nitrogens is 4. The summed E-state index contributed by atoms with van der Waals surface area (Å²) in [6.45, 7) is 3.98. The number of rotatable bonds is 6. The van der Waals surface area contributed by atoms with Gasteiger partial charge in [-0.05, 0) is 31.5 Å². The lowest BCUT2D eigenvalue weighted by molar-refractivity contribution is -0.142. The number of nitrogens with zero attached hydrogens (tertiary/aromatic N) is 4. The van der Waals surface area contributed by atoms with Crippen LogP contribution in [0.5, 0.6) is 0 Å². The largest absolute Gasteiger partial charge is 0.455 e. The maximum Gasteiger partial charge on any atom is 0.316 e. The second-order valence-corrected chi connectivity index (χ2v) is 8.65. The van der Waals surface area contributed by atoms with Gasteiger partial charge in [-0.3, -0.25) is 4.79 Å². The lowest BCUT2D eigenvalue weighted by Gasteiger charge is -2.04. The predicted octanol–water partition coefficient (Wildman–Crippen LogP) is 4.85. The maximum atomic E-state index is 12.2. The van der Waals surface area contributed by atoms with E-state index in [4.69, 9.17) is 20.8 Å². The van der Waals surface area contributed by atoms with Gasteiger partial charge in [0.2, 0.25) is 5.89 Å². The Bertz CT molecular complexity index is 1190. The van der Waals surface area contributed by atoms with Crippen molar-refractivity contribution in [1.82, 2.24) is 20.2 Å². The highest BCUT2D eigenvalue weighted by Gasteiger charge is 2.16. The van der Waals surface area contributed by atoms with Gasteiger partial charge >= 0.3 is 5.97 Å². The summed E-state index contributed by atoms with van der Waals surface area (Å²) in [5.41, 5.74) is 1.77. The molecular weight excluding hydrogens is 432 g/mol. The number of fused-ring (bicyclic) bond motifs is 1.